The molecular weight excluding hydrogens is 423 g/mol. The summed E-state index contributed by atoms with van der Waals surface area (Å²) in [4.78, 5) is 40.1. The molecule has 1 atom stereocenters. The van der Waals surface area contributed by atoms with E-state index >= 15 is 4.39 Å². The fraction of sp³-hybridized carbons (Fsp3) is 0.450. The Balaban J connectivity index is 1.81. The van der Waals surface area contributed by atoms with Crippen molar-refractivity contribution in [1.82, 2.24) is 9.55 Å². The van der Waals surface area contributed by atoms with Crippen LogP contribution in [0.3, 0.4) is 0 Å². The van der Waals surface area contributed by atoms with E-state index in [1.165, 1.54) is 13.3 Å². The minimum atomic E-state index is -1.36. The summed E-state index contributed by atoms with van der Waals surface area (Å²) in [6.07, 6.45) is 2.94. The zero-order valence-electron chi connectivity index (χ0n) is 17.6. The van der Waals surface area contributed by atoms with Gasteiger partial charge in [0.1, 0.15) is 30.8 Å². The third-order valence-corrected chi connectivity index (χ3v) is 5.43. The standard InChI is InChI=1S/C20H23FN6O5/c1-3-32-24-15-9-26(7-12(15)17(22)25-31-2)19-14(21)6-11-16(28)13(20(29)30)8-27(10-4-5-10)18(11)23-19/h6,8,10,12H,3-5,7,9H2,1-2H3,(H2,22,25)(H,29,30)/b24-15-. The molecule has 1 saturated heterocycles. The van der Waals surface area contributed by atoms with Crippen molar-refractivity contribution in [2.45, 2.75) is 25.8 Å². The number of aromatic carboxylic acids is 1. The molecule has 0 amide bonds. The average Bonchev–Trinajstić information content (AvgIpc) is 3.51. The first kappa shape index (κ1) is 21.5. The molecule has 2 aromatic rings. The van der Waals surface area contributed by atoms with Crippen LogP contribution in [0.2, 0.25) is 0 Å². The molecule has 2 fully saturated rings. The van der Waals surface area contributed by atoms with Crippen LogP contribution in [0.25, 0.3) is 11.0 Å². The molecule has 0 radical (unpaired) electrons. The quantitative estimate of drug-likeness (QED) is 0.368. The summed E-state index contributed by atoms with van der Waals surface area (Å²) in [6, 6.07) is 1.07. The number of pyridine rings is 2. The number of amidine groups is 1. The van der Waals surface area contributed by atoms with Gasteiger partial charge in [0, 0.05) is 18.8 Å². The second kappa shape index (κ2) is 8.44. The van der Waals surface area contributed by atoms with E-state index in [2.05, 4.69) is 15.3 Å². The van der Waals surface area contributed by atoms with E-state index in [0.717, 1.165) is 18.9 Å². The van der Waals surface area contributed by atoms with E-state index in [4.69, 9.17) is 15.4 Å². The summed E-state index contributed by atoms with van der Waals surface area (Å²) in [5.74, 6) is -2.42. The molecule has 11 nitrogen and oxygen atoms in total. The zero-order chi connectivity index (χ0) is 23.0. The first-order chi connectivity index (χ1) is 15.3. The van der Waals surface area contributed by atoms with Gasteiger partial charge >= 0.3 is 5.97 Å². The van der Waals surface area contributed by atoms with Crippen LogP contribution in [0.15, 0.2) is 27.4 Å². The van der Waals surface area contributed by atoms with Crippen molar-refractivity contribution in [3.05, 3.63) is 33.9 Å². The van der Waals surface area contributed by atoms with Crippen molar-refractivity contribution in [3.8, 4) is 0 Å². The third-order valence-electron chi connectivity index (χ3n) is 5.43. The highest BCUT2D eigenvalue weighted by atomic mass is 19.1. The molecule has 32 heavy (non-hydrogen) atoms. The lowest BCUT2D eigenvalue weighted by Gasteiger charge is -2.19. The fourth-order valence-corrected chi connectivity index (χ4v) is 3.77. The van der Waals surface area contributed by atoms with E-state index < -0.39 is 28.7 Å². The summed E-state index contributed by atoms with van der Waals surface area (Å²) in [7, 11) is 1.37. The molecule has 12 heteroatoms. The van der Waals surface area contributed by atoms with Gasteiger partial charge in [0.25, 0.3) is 0 Å². The number of halogens is 1. The van der Waals surface area contributed by atoms with Crippen LogP contribution in [0.4, 0.5) is 10.2 Å². The SMILES string of the molecule is CCO/N=C1/CN(c2nc3c(cc2F)c(=O)c(C(=O)O)cn3C2CC2)CC1/C(N)=N\OC. The highest BCUT2D eigenvalue weighted by Crippen LogP contribution is 2.37. The van der Waals surface area contributed by atoms with Gasteiger partial charge in [-0.15, -0.1) is 0 Å². The molecule has 4 rings (SSSR count). The molecule has 0 aromatic carbocycles. The first-order valence-corrected chi connectivity index (χ1v) is 10.1. The third kappa shape index (κ3) is 3.83. The molecule has 1 aliphatic heterocycles. The number of carboxylic acids is 1. The van der Waals surface area contributed by atoms with Crippen molar-refractivity contribution in [2.24, 2.45) is 22.0 Å². The van der Waals surface area contributed by atoms with Crippen LogP contribution >= 0.6 is 0 Å². The van der Waals surface area contributed by atoms with Gasteiger partial charge in [-0.2, -0.15) is 0 Å². The van der Waals surface area contributed by atoms with Gasteiger partial charge in [0.15, 0.2) is 11.6 Å². The molecule has 2 aliphatic rings. The van der Waals surface area contributed by atoms with Gasteiger partial charge in [-0.05, 0) is 25.8 Å². The maximum Gasteiger partial charge on any atom is 0.341 e. The second-order valence-corrected chi connectivity index (χ2v) is 7.61. The Kier molecular flexibility index (Phi) is 5.68. The lowest BCUT2D eigenvalue weighted by Crippen LogP contribution is -2.31. The first-order valence-electron chi connectivity index (χ1n) is 10.1. The summed E-state index contributed by atoms with van der Waals surface area (Å²) in [6.45, 7) is 2.53. The Morgan fingerprint density at radius 3 is 2.81 bits per heavy atom. The summed E-state index contributed by atoms with van der Waals surface area (Å²) >= 11 is 0. The van der Waals surface area contributed by atoms with Crippen LogP contribution in [0, 0.1) is 11.7 Å². The van der Waals surface area contributed by atoms with Crippen molar-refractivity contribution >= 4 is 34.4 Å². The number of rotatable bonds is 7. The van der Waals surface area contributed by atoms with E-state index in [0.29, 0.717) is 12.3 Å². The highest BCUT2D eigenvalue weighted by Gasteiger charge is 2.36. The van der Waals surface area contributed by atoms with Crippen molar-refractivity contribution < 1.29 is 24.0 Å². The van der Waals surface area contributed by atoms with Crippen LogP contribution in [0.1, 0.15) is 36.2 Å². The monoisotopic (exact) mass is 446 g/mol. The van der Waals surface area contributed by atoms with Gasteiger partial charge in [-0.1, -0.05) is 10.3 Å². The molecule has 0 spiro atoms. The Morgan fingerprint density at radius 2 is 2.19 bits per heavy atom. The van der Waals surface area contributed by atoms with E-state index in [9.17, 15) is 14.7 Å². The summed E-state index contributed by atoms with van der Waals surface area (Å²) in [5, 5.41) is 17.2. The maximum atomic E-state index is 15.1. The smallest absolute Gasteiger partial charge is 0.341 e. The Bertz CT molecular complexity index is 1190. The number of hydrogen-bond donors (Lipinski definition) is 2. The molecule has 1 unspecified atom stereocenters. The number of nitrogens with two attached hydrogens (primary N) is 1. The molecule has 3 N–H and O–H groups in total. The summed E-state index contributed by atoms with van der Waals surface area (Å²) in [5.41, 5.74) is 5.60. The average molecular weight is 446 g/mol. The predicted octanol–water partition coefficient (Wildman–Crippen LogP) is 1.32. The van der Waals surface area contributed by atoms with E-state index in [1.54, 1.807) is 16.4 Å². The van der Waals surface area contributed by atoms with Gasteiger partial charge in [-0.25, -0.2) is 14.2 Å². The van der Waals surface area contributed by atoms with Gasteiger partial charge < -0.3 is 30.0 Å². The topological polar surface area (TPSA) is 145 Å². The Labute approximate surface area is 181 Å². The molecule has 3 heterocycles. The van der Waals surface area contributed by atoms with E-state index in [1.807, 2.05) is 0 Å². The van der Waals surface area contributed by atoms with Crippen LogP contribution in [0.5, 0.6) is 0 Å². The van der Waals surface area contributed by atoms with Crippen molar-refractivity contribution in [1.29, 1.82) is 0 Å². The number of nitrogens with zero attached hydrogens (tertiary/aromatic N) is 5. The Hall–Kier alpha value is -3.70. The molecule has 1 saturated carbocycles. The van der Waals surface area contributed by atoms with Gasteiger partial charge in [0.2, 0.25) is 5.43 Å². The molecule has 0 bridgehead atoms. The molecule has 2 aromatic heterocycles. The molecule has 1 aliphatic carbocycles. The Morgan fingerprint density at radius 1 is 1.44 bits per heavy atom. The normalized spacial score (nSPS) is 20.2. The number of fused-ring (bicyclic) bond motifs is 1. The van der Waals surface area contributed by atoms with Gasteiger partial charge in [0.05, 0.1) is 23.6 Å². The number of hydrogen-bond acceptors (Lipinski definition) is 8. The number of carboxylic acid groups (broad SMARTS) is 1. The number of aromatic nitrogens is 2. The lowest BCUT2D eigenvalue weighted by atomic mass is 10.1. The molecule has 170 valence electrons. The second-order valence-electron chi connectivity index (χ2n) is 7.61. The summed E-state index contributed by atoms with van der Waals surface area (Å²) < 4.78 is 16.8. The van der Waals surface area contributed by atoms with Crippen molar-refractivity contribution in [2.75, 3.05) is 31.7 Å². The number of carbonyl (C=O) groups is 1. The minimum Gasteiger partial charge on any atom is -0.477 e. The minimum absolute atomic E-state index is 0.00582. The fourth-order valence-electron chi connectivity index (χ4n) is 3.77. The van der Waals surface area contributed by atoms with Crippen LogP contribution in [-0.4, -0.2) is 59.0 Å². The van der Waals surface area contributed by atoms with Crippen molar-refractivity contribution in [3.63, 3.8) is 0 Å². The maximum absolute atomic E-state index is 15.1. The number of anilines is 1. The largest absolute Gasteiger partial charge is 0.477 e. The van der Waals surface area contributed by atoms with Gasteiger partial charge in [-0.3, -0.25) is 4.79 Å². The van der Waals surface area contributed by atoms with Crippen LogP contribution < -0.4 is 16.1 Å². The lowest BCUT2D eigenvalue weighted by molar-refractivity contribution is 0.0695. The predicted molar refractivity (Wildman–Crippen MR) is 115 cm³/mol. The van der Waals surface area contributed by atoms with Crippen LogP contribution in [-0.2, 0) is 9.68 Å². The van der Waals surface area contributed by atoms with E-state index in [-0.39, 0.29) is 41.8 Å². The molecular formula is C20H23FN6O5. The number of oxime groups is 2. The highest BCUT2D eigenvalue weighted by molar-refractivity contribution is 6.10. The zero-order valence-corrected chi connectivity index (χ0v) is 17.6.